The van der Waals surface area contributed by atoms with Crippen LogP contribution in [0, 0.1) is 11.3 Å². The maximum Gasteiger partial charge on any atom is 0.123 e. The normalized spacial score (nSPS) is 37.8. The van der Waals surface area contributed by atoms with E-state index in [1.807, 2.05) is 20.8 Å². The maximum atomic E-state index is 6.27. The first-order valence-corrected chi connectivity index (χ1v) is 5.17. The molecule has 0 aromatic carbocycles. The van der Waals surface area contributed by atoms with Crippen LogP contribution < -0.4 is 0 Å². The summed E-state index contributed by atoms with van der Waals surface area (Å²) in [5.41, 5.74) is -0.0271. The number of hydrogen-bond acceptors (Lipinski definition) is 0. The van der Waals surface area contributed by atoms with Crippen LogP contribution in [0.2, 0.25) is 0 Å². The number of alkyl halides is 1. The average Bonchev–Trinajstić information content (AvgIpc) is 2.34. The highest BCUT2D eigenvalue weighted by molar-refractivity contribution is 6.61. The summed E-state index contributed by atoms with van der Waals surface area (Å²) in [4.78, 5) is -0.562. The van der Waals surface area contributed by atoms with Gasteiger partial charge in [-0.2, -0.15) is 0 Å². The highest BCUT2D eigenvalue weighted by Gasteiger charge is 2.70. The van der Waals surface area contributed by atoms with Crippen molar-refractivity contribution in [3.8, 4) is 0 Å². The minimum atomic E-state index is -0.562. The number of halogens is 4. The van der Waals surface area contributed by atoms with Gasteiger partial charge in [0.05, 0.1) is 9.91 Å². The molecule has 1 aliphatic carbocycles. The van der Waals surface area contributed by atoms with E-state index in [-0.39, 0.29) is 9.91 Å². The molecule has 0 amide bonds. The Morgan fingerprint density at radius 1 is 1.17 bits per heavy atom. The maximum absolute atomic E-state index is 6.27. The van der Waals surface area contributed by atoms with E-state index in [0.29, 0.717) is 11.0 Å². The molecule has 0 aromatic rings. The zero-order chi connectivity index (χ0) is 9.73. The Hall–Kier alpha value is 0.900. The van der Waals surface area contributed by atoms with E-state index in [9.17, 15) is 0 Å². The van der Waals surface area contributed by atoms with Gasteiger partial charge >= 0.3 is 0 Å². The highest BCUT2D eigenvalue weighted by Crippen LogP contribution is 2.70. The molecule has 2 atom stereocenters. The molecule has 4 heteroatoms. The van der Waals surface area contributed by atoms with Gasteiger partial charge in [-0.1, -0.05) is 55.6 Å². The predicted octanol–water partition coefficient (Wildman–Crippen LogP) is 4.53. The van der Waals surface area contributed by atoms with E-state index in [1.54, 1.807) is 0 Å². The van der Waals surface area contributed by atoms with Gasteiger partial charge in [0, 0.05) is 0 Å². The van der Waals surface area contributed by atoms with Gasteiger partial charge in [-0.15, -0.1) is 11.6 Å². The first kappa shape index (κ1) is 11.0. The Morgan fingerprint density at radius 3 is 1.58 bits per heavy atom. The van der Waals surface area contributed by atoms with Crippen LogP contribution in [-0.2, 0) is 0 Å². The Kier molecular flexibility index (Phi) is 2.70. The summed E-state index contributed by atoms with van der Waals surface area (Å²) < 4.78 is 0.0732. The fraction of sp³-hybridized carbons (Fsp3) is 0.750. The van der Waals surface area contributed by atoms with Crippen molar-refractivity contribution in [1.29, 1.82) is 0 Å². The quantitative estimate of drug-likeness (QED) is 0.598. The van der Waals surface area contributed by atoms with Crippen molar-refractivity contribution < 1.29 is 0 Å². The van der Waals surface area contributed by atoms with E-state index in [4.69, 9.17) is 46.4 Å². The van der Waals surface area contributed by atoms with Crippen molar-refractivity contribution in [2.75, 3.05) is 0 Å². The standard InChI is InChI=1S/C8H10Cl4/c1-4-7(2,3)8(4,12)5(9)6(10)11/h4H,1-3H3. The SMILES string of the molecule is CC1C(C)(C)C1(Cl)C(Cl)=C(Cl)Cl. The summed E-state index contributed by atoms with van der Waals surface area (Å²) >= 11 is 23.3. The van der Waals surface area contributed by atoms with Gasteiger partial charge in [-0.05, 0) is 11.3 Å². The molecular weight excluding hydrogens is 238 g/mol. The fourth-order valence-corrected chi connectivity index (χ4v) is 2.85. The molecule has 1 saturated carbocycles. The van der Waals surface area contributed by atoms with Crippen LogP contribution in [-0.4, -0.2) is 4.87 Å². The van der Waals surface area contributed by atoms with E-state index < -0.39 is 4.87 Å². The van der Waals surface area contributed by atoms with E-state index in [1.165, 1.54) is 0 Å². The number of allylic oxidation sites excluding steroid dienone is 1. The summed E-state index contributed by atoms with van der Waals surface area (Å²) in [5, 5.41) is 0.366. The minimum absolute atomic E-state index is 0.0271. The van der Waals surface area contributed by atoms with Gasteiger partial charge in [-0.25, -0.2) is 0 Å². The summed E-state index contributed by atoms with van der Waals surface area (Å²) in [5.74, 6) is 0.298. The van der Waals surface area contributed by atoms with Crippen LogP contribution in [0.4, 0.5) is 0 Å². The molecule has 0 spiro atoms. The topological polar surface area (TPSA) is 0 Å². The molecule has 1 aliphatic rings. The van der Waals surface area contributed by atoms with Crippen molar-refractivity contribution in [1.82, 2.24) is 0 Å². The second-order valence-electron chi connectivity index (χ2n) is 3.73. The van der Waals surface area contributed by atoms with Crippen molar-refractivity contribution in [2.45, 2.75) is 25.6 Å². The molecule has 1 rings (SSSR count). The van der Waals surface area contributed by atoms with E-state index >= 15 is 0 Å². The molecule has 0 nitrogen and oxygen atoms in total. The molecule has 2 unspecified atom stereocenters. The van der Waals surface area contributed by atoms with Crippen molar-refractivity contribution in [3.63, 3.8) is 0 Å². The molecule has 0 radical (unpaired) electrons. The van der Waals surface area contributed by atoms with E-state index in [0.717, 1.165) is 0 Å². The molecule has 0 aliphatic heterocycles. The first-order chi connectivity index (χ1) is 5.26. The fourth-order valence-electron chi connectivity index (χ4n) is 1.57. The van der Waals surface area contributed by atoms with Crippen LogP contribution in [0.25, 0.3) is 0 Å². The largest absolute Gasteiger partial charge is 0.123 e. The second kappa shape index (κ2) is 2.95. The Balaban J connectivity index is 3.01. The number of rotatable bonds is 1. The lowest BCUT2D eigenvalue weighted by Crippen LogP contribution is -2.08. The summed E-state index contributed by atoms with van der Waals surface area (Å²) in [7, 11) is 0. The van der Waals surface area contributed by atoms with Gasteiger partial charge in [-0.3, -0.25) is 0 Å². The van der Waals surface area contributed by atoms with Gasteiger partial charge < -0.3 is 0 Å². The number of hydrogen-bond donors (Lipinski definition) is 0. The Morgan fingerprint density at radius 2 is 1.50 bits per heavy atom. The van der Waals surface area contributed by atoms with Crippen molar-refractivity contribution >= 4 is 46.4 Å². The summed E-state index contributed by atoms with van der Waals surface area (Å²) in [6, 6.07) is 0. The summed E-state index contributed by atoms with van der Waals surface area (Å²) in [6.07, 6.45) is 0. The lowest BCUT2D eigenvalue weighted by molar-refractivity contribution is 0.574. The smallest absolute Gasteiger partial charge is 0.112 e. The molecule has 0 N–H and O–H groups in total. The Labute approximate surface area is 92.8 Å². The molecular formula is C8H10Cl4. The van der Waals surface area contributed by atoms with Crippen molar-refractivity contribution in [2.24, 2.45) is 11.3 Å². The van der Waals surface area contributed by atoms with Crippen LogP contribution in [0.1, 0.15) is 20.8 Å². The van der Waals surface area contributed by atoms with E-state index in [2.05, 4.69) is 0 Å². The van der Waals surface area contributed by atoms with Crippen LogP contribution >= 0.6 is 46.4 Å². The molecule has 0 bridgehead atoms. The first-order valence-electron chi connectivity index (χ1n) is 3.66. The van der Waals surface area contributed by atoms with Gasteiger partial charge in [0.1, 0.15) is 4.49 Å². The summed E-state index contributed by atoms with van der Waals surface area (Å²) in [6.45, 7) is 6.12. The van der Waals surface area contributed by atoms with Crippen LogP contribution in [0.5, 0.6) is 0 Å². The molecule has 70 valence electrons. The monoisotopic (exact) mass is 246 g/mol. The zero-order valence-corrected chi connectivity index (χ0v) is 10.1. The van der Waals surface area contributed by atoms with Gasteiger partial charge in [0.25, 0.3) is 0 Å². The van der Waals surface area contributed by atoms with Gasteiger partial charge in [0.15, 0.2) is 0 Å². The molecule has 12 heavy (non-hydrogen) atoms. The van der Waals surface area contributed by atoms with Gasteiger partial charge in [0.2, 0.25) is 0 Å². The Bertz CT molecular complexity index is 239. The molecule has 0 aromatic heterocycles. The third-order valence-electron chi connectivity index (χ3n) is 3.02. The third-order valence-corrected chi connectivity index (χ3v) is 5.18. The molecule has 0 heterocycles. The van der Waals surface area contributed by atoms with Crippen molar-refractivity contribution in [3.05, 3.63) is 9.52 Å². The lowest BCUT2D eigenvalue weighted by Gasteiger charge is -2.10. The van der Waals surface area contributed by atoms with Crippen LogP contribution in [0.15, 0.2) is 9.52 Å². The average molecular weight is 248 g/mol. The predicted molar refractivity (Wildman–Crippen MR) is 56.1 cm³/mol. The lowest BCUT2D eigenvalue weighted by atomic mass is 10.1. The highest BCUT2D eigenvalue weighted by atomic mass is 35.5. The molecule has 0 saturated heterocycles. The second-order valence-corrected chi connectivity index (χ2v) is 5.65. The molecule has 1 fully saturated rings. The third kappa shape index (κ3) is 1.19. The van der Waals surface area contributed by atoms with Crippen LogP contribution in [0.3, 0.4) is 0 Å². The minimum Gasteiger partial charge on any atom is -0.112 e. The zero-order valence-electron chi connectivity index (χ0n) is 7.09.